The molecule has 0 aliphatic heterocycles. The molecule has 54 valence electrons. The predicted octanol–water partition coefficient (Wildman–Crippen LogP) is 2.45. The van der Waals surface area contributed by atoms with Gasteiger partial charge < -0.3 is 0 Å². The van der Waals surface area contributed by atoms with Crippen LogP contribution in [0.1, 0.15) is 11.3 Å². The van der Waals surface area contributed by atoms with Gasteiger partial charge in [0.15, 0.2) is 0 Å². The standard InChI is InChI=1S/C8H9N.ClH/c1-3-8-7(2)5-4-6-9-8;/h3-6H,1H2,2H3;1H. The third-order valence-corrected chi connectivity index (χ3v) is 1.24. The Hall–Kier alpha value is -0.820. The summed E-state index contributed by atoms with van der Waals surface area (Å²) in [5.41, 5.74) is 2.14. The number of halogens is 1. The minimum Gasteiger partial charge on any atom is -0.257 e. The van der Waals surface area contributed by atoms with Crippen LogP contribution in [0.5, 0.6) is 0 Å². The first-order valence-corrected chi connectivity index (χ1v) is 2.88. The van der Waals surface area contributed by atoms with Gasteiger partial charge in [0.2, 0.25) is 0 Å². The molecule has 1 rings (SSSR count). The van der Waals surface area contributed by atoms with E-state index in [0.717, 1.165) is 5.69 Å². The molecule has 0 aromatic carbocycles. The van der Waals surface area contributed by atoms with Crippen LogP contribution >= 0.6 is 12.4 Å². The smallest absolute Gasteiger partial charge is 0.0652 e. The van der Waals surface area contributed by atoms with E-state index in [-0.39, 0.29) is 12.4 Å². The number of hydrogen-bond acceptors (Lipinski definition) is 1. The lowest BCUT2D eigenvalue weighted by Crippen LogP contribution is -1.82. The van der Waals surface area contributed by atoms with Crippen molar-refractivity contribution in [3.05, 3.63) is 36.2 Å². The van der Waals surface area contributed by atoms with Crippen LogP contribution in [0.2, 0.25) is 0 Å². The van der Waals surface area contributed by atoms with Crippen molar-refractivity contribution in [2.75, 3.05) is 0 Å². The van der Waals surface area contributed by atoms with E-state index in [1.165, 1.54) is 5.56 Å². The molecule has 0 N–H and O–H groups in total. The Morgan fingerprint density at radius 2 is 2.30 bits per heavy atom. The van der Waals surface area contributed by atoms with E-state index >= 15 is 0 Å². The first kappa shape index (κ1) is 9.18. The number of pyridine rings is 1. The second-order valence-electron chi connectivity index (χ2n) is 1.91. The normalized spacial score (nSPS) is 8.10. The van der Waals surface area contributed by atoms with Crippen LogP contribution in [0.3, 0.4) is 0 Å². The molecular formula is C8H10ClN. The first-order chi connectivity index (χ1) is 4.34. The van der Waals surface area contributed by atoms with E-state index in [0.29, 0.717) is 0 Å². The van der Waals surface area contributed by atoms with Gasteiger partial charge in [-0.1, -0.05) is 12.6 Å². The molecule has 1 aromatic heterocycles. The fraction of sp³-hybridized carbons (Fsp3) is 0.125. The van der Waals surface area contributed by atoms with Crippen molar-refractivity contribution in [3.63, 3.8) is 0 Å². The highest BCUT2D eigenvalue weighted by molar-refractivity contribution is 5.85. The quantitative estimate of drug-likeness (QED) is 0.607. The minimum atomic E-state index is 0. The predicted molar refractivity (Wildman–Crippen MR) is 46.3 cm³/mol. The number of aromatic nitrogens is 1. The second kappa shape index (κ2) is 4.07. The molecule has 0 radical (unpaired) electrons. The van der Waals surface area contributed by atoms with Gasteiger partial charge in [-0.15, -0.1) is 12.4 Å². The molecule has 0 fully saturated rings. The molecule has 1 heterocycles. The Morgan fingerprint density at radius 1 is 1.60 bits per heavy atom. The van der Waals surface area contributed by atoms with Gasteiger partial charge in [0.05, 0.1) is 5.69 Å². The molecule has 0 aliphatic rings. The minimum absolute atomic E-state index is 0. The molecule has 1 nitrogen and oxygen atoms in total. The summed E-state index contributed by atoms with van der Waals surface area (Å²) in [4.78, 5) is 4.08. The van der Waals surface area contributed by atoms with Gasteiger partial charge in [0.25, 0.3) is 0 Å². The lowest BCUT2D eigenvalue weighted by Gasteiger charge is -1.94. The summed E-state index contributed by atoms with van der Waals surface area (Å²) in [6.07, 6.45) is 3.53. The Kier molecular flexibility index (Phi) is 3.74. The van der Waals surface area contributed by atoms with Gasteiger partial charge in [-0.2, -0.15) is 0 Å². The van der Waals surface area contributed by atoms with Crippen LogP contribution in [0.15, 0.2) is 24.9 Å². The molecule has 0 unspecified atom stereocenters. The van der Waals surface area contributed by atoms with Gasteiger partial charge in [0, 0.05) is 6.20 Å². The maximum absolute atomic E-state index is 4.08. The number of aryl methyl sites for hydroxylation is 1. The van der Waals surface area contributed by atoms with E-state index < -0.39 is 0 Å². The third kappa shape index (κ3) is 1.85. The number of nitrogens with zero attached hydrogens (tertiary/aromatic N) is 1. The molecule has 0 saturated carbocycles. The molecule has 1 aromatic rings. The molecule has 0 spiro atoms. The van der Waals surface area contributed by atoms with Crippen molar-refractivity contribution in [2.24, 2.45) is 0 Å². The second-order valence-corrected chi connectivity index (χ2v) is 1.91. The number of rotatable bonds is 1. The summed E-state index contributed by atoms with van der Waals surface area (Å²) in [5.74, 6) is 0. The Morgan fingerprint density at radius 3 is 2.70 bits per heavy atom. The summed E-state index contributed by atoms with van der Waals surface area (Å²) < 4.78 is 0. The van der Waals surface area contributed by atoms with E-state index in [2.05, 4.69) is 11.6 Å². The van der Waals surface area contributed by atoms with Crippen LogP contribution in [-0.2, 0) is 0 Å². The van der Waals surface area contributed by atoms with Crippen LogP contribution in [0.4, 0.5) is 0 Å². The zero-order chi connectivity index (χ0) is 6.69. The van der Waals surface area contributed by atoms with Crippen molar-refractivity contribution < 1.29 is 0 Å². The van der Waals surface area contributed by atoms with Gasteiger partial charge in [-0.3, -0.25) is 4.98 Å². The van der Waals surface area contributed by atoms with Crippen molar-refractivity contribution in [1.82, 2.24) is 4.98 Å². The zero-order valence-electron chi connectivity index (χ0n) is 5.87. The van der Waals surface area contributed by atoms with Crippen LogP contribution in [0, 0.1) is 6.92 Å². The summed E-state index contributed by atoms with van der Waals surface area (Å²) >= 11 is 0. The third-order valence-electron chi connectivity index (χ3n) is 1.24. The molecule has 0 saturated heterocycles. The molecule has 0 amide bonds. The molecule has 0 aliphatic carbocycles. The zero-order valence-corrected chi connectivity index (χ0v) is 6.69. The van der Waals surface area contributed by atoms with Crippen molar-refractivity contribution in [2.45, 2.75) is 6.92 Å². The topological polar surface area (TPSA) is 12.9 Å². The van der Waals surface area contributed by atoms with Crippen LogP contribution in [-0.4, -0.2) is 4.98 Å². The first-order valence-electron chi connectivity index (χ1n) is 2.88. The average molecular weight is 156 g/mol. The fourth-order valence-electron chi connectivity index (χ4n) is 0.712. The summed E-state index contributed by atoms with van der Waals surface area (Å²) in [6, 6.07) is 3.94. The van der Waals surface area contributed by atoms with E-state index in [4.69, 9.17) is 0 Å². The van der Waals surface area contributed by atoms with Crippen molar-refractivity contribution >= 4 is 18.5 Å². The van der Waals surface area contributed by atoms with Crippen LogP contribution < -0.4 is 0 Å². The summed E-state index contributed by atoms with van der Waals surface area (Å²) in [6.45, 7) is 5.65. The largest absolute Gasteiger partial charge is 0.257 e. The average Bonchev–Trinajstić information content (AvgIpc) is 1.89. The Bertz CT molecular complexity index is 220. The summed E-state index contributed by atoms with van der Waals surface area (Å²) in [5, 5.41) is 0. The lowest BCUT2D eigenvalue weighted by molar-refractivity contribution is 1.24. The van der Waals surface area contributed by atoms with E-state index in [1.54, 1.807) is 12.3 Å². The highest BCUT2D eigenvalue weighted by Crippen LogP contribution is 2.02. The maximum Gasteiger partial charge on any atom is 0.0652 e. The molecular weight excluding hydrogens is 146 g/mol. The summed E-state index contributed by atoms with van der Waals surface area (Å²) in [7, 11) is 0. The molecule has 0 atom stereocenters. The van der Waals surface area contributed by atoms with Crippen molar-refractivity contribution in [1.29, 1.82) is 0 Å². The van der Waals surface area contributed by atoms with E-state index in [9.17, 15) is 0 Å². The van der Waals surface area contributed by atoms with E-state index in [1.807, 2.05) is 19.1 Å². The monoisotopic (exact) mass is 155 g/mol. The highest BCUT2D eigenvalue weighted by Gasteiger charge is 1.88. The Balaban J connectivity index is 0.000000810. The molecule has 0 bridgehead atoms. The Labute approximate surface area is 67.2 Å². The van der Waals surface area contributed by atoms with Gasteiger partial charge in [-0.05, 0) is 24.6 Å². The SMILES string of the molecule is C=Cc1ncccc1C.Cl. The molecule has 10 heavy (non-hydrogen) atoms. The lowest BCUT2D eigenvalue weighted by atomic mass is 10.2. The van der Waals surface area contributed by atoms with Gasteiger partial charge in [0.1, 0.15) is 0 Å². The van der Waals surface area contributed by atoms with Gasteiger partial charge >= 0.3 is 0 Å². The maximum atomic E-state index is 4.08. The fourth-order valence-corrected chi connectivity index (χ4v) is 0.712. The molecule has 2 heteroatoms. The number of hydrogen-bond donors (Lipinski definition) is 0. The van der Waals surface area contributed by atoms with Gasteiger partial charge in [-0.25, -0.2) is 0 Å². The van der Waals surface area contributed by atoms with Crippen molar-refractivity contribution in [3.8, 4) is 0 Å². The highest BCUT2D eigenvalue weighted by atomic mass is 35.5. The van der Waals surface area contributed by atoms with Crippen LogP contribution in [0.25, 0.3) is 6.08 Å².